The van der Waals surface area contributed by atoms with E-state index < -0.39 is 12.1 Å². The topological polar surface area (TPSA) is 88.1 Å². The van der Waals surface area contributed by atoms with Crippen molar-refractivity contribution in [2.45, 2.75) is 44.8 Å². The molecule has 2 atom stereocenters. The van der Waals surface area contributed by atoms with Gasteiger partial charge in [-0.1, -0.05) is 6.92 Å². The van der Waals surface area contributed by atoms with Crippen molar-refractivity contribution in [1.82, 2.24) is 10.2 Å². The number of nitrogens with one attached hydrogen (secondary N) is 1. The predicted molar refractivity (Wildman–Crippen MR) is 77.3 cm³/mol. The van der Waals surface area contributed by atoms with Crippen molar-refractivity contribution in [3.8, 4) is 0 Å². The molecule has 2 unspecified atom stereocenters. The molecule has 1 heterocycles. The van der Waals surface area contributed by atoms with Crippen molar-refractivity contribution < 1.29 is 24.2 Å². The van der Waals surface area contributed by atoms with E-state index in [-0.39, 0.29) is 25.1 Å². The summed E-state index contributed by atoms with van der Waals surface area (Å²) in [6.45, 7) is 4.25. The lowest BCUT2D eigenvalue weighted by molar-refractivity contribution is -0.139. The third-order valence-electron chi connectivity index (χ3n) is 3.44. The number of nitrogens with zero attached hydrogens (tertiary/aromatic N) is 1. The molecule has 2 amide bonds. The molecule has 0 spiro atoms. The van der Waals surface area contributed by atoms with Crippen LogP contribution in [-0.2, 0) is 14.3 Å². The van der Waals surface area contributed by atoms with Crippen LogP contribution >= 0.6 is 0 Å². The maximum atomic E-state index is 12.1. The number of carboxylic acids is 1. The van der Waals surface area contributed by atoms with Crippen LogP contribution in [0.4, 0.5) is 4.79 Å². The highest BCUT2D eigenvalue weighted by Gasteiger charge is 2.24. The number of carboxylic acid groups (broad SMARTS) is 1. The molecule has 0 aliphatic carbocycles. The van der Waals surface area contributed by atoms with Gasteiger partial charge in [0.1, 0.15) is 0 Å². The van der Waals surface area contributed by atoms with Crippen molar-refractivity contribution in [2.75, 3.05) is 33.4 Å². The first-order valence-corrected chi connectivity index (χ1v) is 7.45. The van der Waals surface area contributed by atoms with Crippen LogP contribution in [-0.4, -0.2) is 67.6 Å². The van der Waals surface area contributed by atoms with Gasteiger partial charge in [0.25, 0.3) is 0 Å². The molecule has 1 fully saturated rings. The van der Waals surface area contributed by atoms with Crippen LogP contribution in [0.3, 0.4) is 0 Å². The van der Waals surface area contributed by atoms with E-state index in [0.717, 1.165) is 19.3 Å². The molecule has 1 aliphatic heterocycles. The van der Waals surface area contributed by atoms with E-state index in [1.807, 2.05) is 0 Å². The average molecular weight is 302 g/mol. The molecular formula is C14H26N2O5. The molecular weight excluding hydrogens is 276 g/mol. The molecule has 0 aromatic carbocycles. The number of ether oxygens (including phenoxy) is 2. The molecule has 0 saturated carbocycles. The minimum atomic E-state index is -0.942. The number of hydrogen-bond donors (Lipinski definition) is 2. The van der Waals surface area contributed by atoms with Gasteiger partial charge in [-0.2, -0.15) is 0 Å². The average Bonchev–Trinajstić information content (AvgIpc) is 2.48. The van der Waals surface area contributed by atoms with Gasteiger partial charge in [0.2, 0.25) is 0 Å². The molecule has 0 radical (unpaired) electrons. The Balaban J connectivity index is 2.34. The SMILES string of the molecule is CCCOC1CCCN(C(=O)NCC(CC(=O)O)OC)C1. The van der Waals surface area contributed by atoms with Gasteiger partial charge in [0, 0.05) is 33.4 Å². The van der Waals surface area contributed by atoms with Crippen LogP contribution in [0.5, 0.6) is 0 Å². The number of hydrogen-bond acceptors (Lipinski definition) is 4. The Morgan fingerprint density at radius 1 is 1.48 bits per heavy atom. The summed E-state index contributed by atoms with van der Waals surface area (Å²) in [5.74, 6) is -0.942. The minimum Gasteiger partial charge on any atom is -0.481 e. The van der Waals surface area contributed by atoms with Gasteiger partial charge in [-0.3, -0.25) is 4.79 Å². The summed E-state index contributed by atoms with van der Waals surface area (Å²) < 4.78 is 10.7. The summed E-state index contributed by atoms with van der Waals surface area (Å²) in [4.78, 5) is 24.4. The summed E-state index contributed by atoms with van der Waals surface area (Å²) >= 11 is 0. The molecule has 0 bridgehead atoms. The zero-order valence-corrected chi connectivity index (χ0v) is 12.8. The Labute approximate surface area is 125 Å². The third kappa shape index (κ3) is 6.77. The van der Waals surface area contributed by atoms with Gasteiger partial charge in [0.15, 0.2) is 0 Å². The predicted octanol–water partition coefficient (Wildman–Crippen LogP) is 1.08. The number of rotatable bonds is 8. The maximum Gasteiger partial charge on any atom is 0.317 e. The highest BCUT2D eigenvalue weighted by atomic mass is 16.5. The monoisotopic (exact) mass is 302 g/mol. The zero-order chi connectivity index (χ0) is 15.7. The Bertz CT molecular complexity index is 337. The Morgan fingerprint density at radius 3 is 2.86 bits per heavy atom. The fourth-order valence-electron chi connectivity index (χ4n) is 2.29. The molecule has 1 rings (SSSR count). The molecule has 1 saturated heterocycles. The molecule has 2 N–H and O–H groups in total. The van der Waals surface area contributed by atoms with Gasteiger partial charge >= 0.3 is 12.0 Å². The number of likely N-dealkylation sites (tertiary alicyclic amines) is 1. The Kier molecular flexibility index (Phi) is 8.07. The Morgan fingerprint density at radius 2 is 2.24 bits per heavy atom. The molecule has 7 heteroatoms. The second kappa shape index (κ2) is 9.57. The van der Waals surface area contributed by atoms with E-state index >= 15 is 0 Å². The first kappa shape index (κ1) is 17.7. The first-order valence-electron chi connectivity index (χ1n) is 7.45. The van der Waals surface area contributed by atoms with Crippen molar-refractivity contribution in [3.63, 3.8) is 0 Å². The molecule has 1 aliphatic rings. The lowest BCUT2D eigenvalue weighted by Gasteiger charge is -2.33. The van der Waals surface area contributed by atoms with Gasteiger partial charge < -0.3 is 24.8 Å². The summed E-state index contributed by atoms with van der Waals surface area (Å²) in [7, 11) is 1.44. The standard InChI is InChI=1S/C14H26N2O5/c1-3-7-21-11-5-4-6-16(10-11)14(19)15-9-12(20-2)8-13(17)18/h11-12H,3-10H2,1-2H3,(H,15,19)(H,17,18). The number of carbonyl (C=O) groups excluding carboxylic acids is 1. The summed E-state index contributed by atoms with van der Waals surface area (Å²) in [6, 6.07) is -0.188. The summed E-state index contributed by atoms with van der Waals surface area (Å²) in [5.41, 5.74) is 0. The molecule has 21 heavy (non-hydrogen) atoms. The highest BCUT2D eigenvalue weighted by Crippen LogP contribution is 2.13. The number of urea groups is 1. The van der Waals surface area contributed by atoms with E-state index in [1.165, 1.54) is 7.11 Å². The molecule has 0 aromatic heterocycles. The van der Waals surface area contributed by atoms with Crippen LogP contribution in [0.15, 0.2) is 0 Å². The van der Waals surface area contributed by atoms with Crippen molar-refractivity contribution >= 4 is 12.0 Å². The summed E-state index contributed by atoms with van der Waals surface area (Å²) in [5, 5.41) is 11.5. The van der Waals surface area contributed by atoms with Crippen LogP contribution in [0.1, 0.15) is 32.6 Å². The van der Waals surface area contributed by atoms with Crippen LogP contribution in [0, 0.1) is 0 Å². The number of methoxy groups -OCH3 is 1. The number of carbonyl (C=O) groups is 2. The van der Waals surface area contributed by atoms with Gasteiger partial charge in [-0.05, 0) is 19.3 Å². The number of aliphatic carboxylic acids is 1. The molecule has 0 aromatic rings. The minimum absolute atomic E-state index is 0.0988. The van der Waals surface area contributed by atoms with Gasteiger partial charge in [-0.25, -0.2) is 4.79 Å². The van der Waals surface area contributed by atoms with Crippen molar-refractivity contribution in [2.24, 2.45) is 0 Å². The van der Waals surface area contributed by atoms with E-state index in [2.05, 4.69) is 12.2 Å². The van der Waals surface area contributed by atoms with E-state index in [9.17, 15) is 9.59 Å². The normalized spacial score (nSPS) is 20.1. The van der Waals surface area contributed by atoms with Crippen LogP contribution in [0.25, 0.3) is 0 Å². The quantitative estimate of drug-likeness (QED) is 0.700. The van der Waals surface area contributed by atoms with Gasteiger partial charge in [0.05, 0.1) is 18.6 Å². The maximum absolute atomic E-state index is 12.1. The summed E-state index contributed by atoms with van der Waals surface area (Å²) in [6.07, 6.45) is 2.32. The van der Waals surface area contributed by atoms with Gasteiger partial charge in [-0.15, -0.1) is 0 Å². The van der Waals surface area contributed by atoms with Crippen molar-refractivity contribution in [3.05, 3.63) is 0 Å². The number of piperidine rings is 1. The fraction of sp³-hybridized carbons (Fsp3) is 0.857. The fourth-order valence-corrected chi connectivity index (χ4v) is 2.29. The molecule has 122 valence electrons. The second-order valence-corrected chi connectivity index (χ2v) is 5.22. The highest BCUT2D eigenvalue weighted by molar-refractivity contribution is 5.74. The number of amides is 2. The first-order chi connectivity index (χ1) is 10.1. The smallest absolute Gasteiger partial charge is 0.317 e. The lowest BCUT2D eigenvalue weighted by atomic mass is 10.1. The second-order valence-electron chi connectivity index (χ2n) is 5.22. The van der Waals surface area contributed by atoms with Crippen LogP contribution in [0.2, 0.25) is 0 Å². The zero-order valence-electron chi connectivity index (χ0n) is 12.8. The van der Waals surface area contributed by atoms with E-state index in [0.29, 0.717) is 19.7 Å². The van der Waals surface area contributed by atoms with Crippen molar-refractivity contribution in [1.29, 1.82) is 0 Å². The largest absolute Gasteiger partial charge is 0.481 e. The lowest BCUT2D eigenvalue weighted by Crippen LogP contribution is -2.49. The van der Waals surface area contributed by atoms with E-state index in [1.54, 1.807) is 4.90 Å². The molecule has 7 nitrogen and oxygen atoms in total. The van der Waals surface area contributed by atoms with Crippen LogP contribution < -0.4 is 5.32 Å². The third-order valence-corrected chi connectivity index (χ3v) is 3.44. The van der Waals surface area contributed by atoms with E-state index in [4.69, 9.17) is 14.6 Å². The Hall–Kier alpha value is -1.34.